The number of rotatable bonds is 9. The number of nitrogens with zero attached hydrogens (tertiary/aromatic N) is 1. The molecule has 2 rings (SSSR count). The zero-order valence-electron chi connectivity index (χ0n) is 14.6. The van der Waals surface area contributed by atoms with Gasteiger partial charge in [-0.15, -0.1) is 0 Å². The first-order valence-corrected chi connectivity index (χ1v) is 8.43. The lowest BCUT2D eigenvalue weighted by atomic mass is 10.1. The van der Waals surface area contributed by atoms with E-state index in [1.165, 1.54) is 6.07 Å². The number of benzene rings is 2. The highest BCUT2D eigenvalue weighted by Crippen LogP contribution is 2.29. The molecular formula is C19H24N2O4. The van der Waals surface area contributed by atoms with E-state index >= 15 is 0 Å². The van der Waals surface area contributed by atoms with Crippen molar-refractivity contribution < 1.29 is 19.4 Å². The van der Waals surface area contributed by atoms with Gasteiger partial charge in [0.15, 0.2) is 6.61 Å². The molecule has 134 valence electrons. The average Bonchev–Trinajstić information content (AvgIpc) is 2.63. The van der Waals surface area contributed by atoms with Gasteiger partial charge in [-0.2, -0.15) is 0 Å². The summed E-state index contributed by atoms with van der Waals surface area (Å²) < 4.78 is 5.58. The standard InChI is InChI=1S/C19H24N2O4/c1-3-21(4-2)12-11-20-17(22)13-25-18-15-8-6-5-7-14(15)9-10-16(18)19(23)24/h5-10H,3-4,11-13H2,1-2H3,(H,20,22)(H,23,24). The maximum atomic E-state index is 12.0. The maximum absolute atomic E-state index is 12.0. The van der Waals surface area contributed by atoms with Crippen LogP contribution in [0.4, 0.5) is 0 Å². The number of nitrogens with one attached hydrogen (secondary N) is 1. The van der Waals surface area contributed by atoms with Gasteiger partial charge in [-0.05, 0) is 24.5 Å². The molecule has 0 radical (unpaired) electrons. The van der Waals surface area contributed by atoms with Crippen molar-refractivity contribution in [1.82, 2.24) is 10.2 Å². The number of amides is 1. The Labute approximate surface area is 147 Å². The monoisotopic (exact) mass is 344 g/mol. The van der Waals surface area contributed by atoms with Crippen LogP contribution in [0.2, 0.25) is 0 Å². The third-order valence-electron chi connectivity index (χ3n) is 4.10. The lowest BCUT2D eigenvalue weighted by molar-refractivity contribution is -0.123. The minimum atomic E-state index is -1.08. The fourth-order valence-corrected chi connectivity index (χ4v) is 2.65. The lowest BCUT2D eigenvalue weighted by Crippen LogP contribution is -2.37. The summed E-state index contributed by atoms with van der Waals surface area (Å²) in [7, 11) is 0. The van der Waals surface area contributed by atoms with E-state index in [9.17, 15) is 14.7 Å². The molecule has 0 unspecified atom stereocenters. The first kappa shape index (κ1) is 18.7. The molecule has 2 aromatic rings. The van der Waals surface area contributed by atoms with Gasteiger partial charge in [0.2, 0.25) is 0 Å². The second-order valence-electron chi connectivity index (χ2n) is 5.63. The highest BCUT2D eigenvalue weighted by Gasteiger charge is 2.16. The molecule has 0 heterocycles. The molecule has 0 saturated carbocycles. The number of carboxylic acids is 1. The van der Waals surface area contributed by atoms with E-state index in [4.69, 9.17) is 4.74 Å². The minimum Gasteiger partial charge on any atom is -0.482 e. The van der Waals surface area contributed by atoms with E-state index < -0.39 is 5.97 Å². The van der Waals surface area contributed by atoms with Crippen LogP contribution in [0.25, 0.3) is 10.8 Å². The van der Waals surface area contributed by atoms with Crippen LogP contribution in [0.5, 0.6) is 5.75 Å². The quantitative estimate of drug-likeness (QED) is 0.730. The van der Waals surface area contributed by atoms with Crippen LogP contribution in [0.3, 0.4) is 0 Å². The van der Waals surface area contributed by atoms with E-state index in [1.54, 1.807) is 12.1 Å². The lowest BCUT2D eigenvalue weighted by Gasteiger charge is -2.18. The smallest absolute Gasteiger partial charge is 0.339 e. The van der Waals surface area contributed by atoms with Crippen molar-refractivity contribution in [3.05, 3.63) is 42.0 Å². The maximum Gasteiger partial charge on any atom is 0.339 e. The van der Waals surface area contributed by atoms with Gasteiger partial charge in [-0.1, -0.05) is 44.2 Å². The summed E-state index contributed by atoms with van der Waals surface area (Å²) in [6, 6.07) is 10.6. The van der Waals surface area contributed by atoms with Gasteiger partial charge in [-0.25, -0.2) is 4.79 Å². The number of carbonyl (C=O) groups excluding carboxylic acids is 1. The predicted molar refractivity (Wildman–Crippen MR) is 97.2 cm³/mol. The summed E-state index contributed by atoms with van der Waals surface area (Å²) >= 11 is 0. The fraction of sp³-hybridized carbons (Fsp3) is 0.368. The Bertz CT molecular complexity index is 741. The fourth-order valence-electron chi connectivity index (χ4n) is 2.65. The molecule has 0 aliphatic carbocycles. The number of ether oxygens (including phenoxy) is 1. The summed E-state index contributed by atoms with van der Waals surface area (Å²) in [6.45, 7) is 7.09. The highest BCUT2D eigenvalue weighted by molar-refractivity contribution is 6.00. The Morgan fingerprint density at radius 3 is 2.52 bits per heavy atom. The van der Waals surface area contributed by atoms with Gasteiger partial charge in [0.1, 0.15) is 11.3 Å². The zero-order valence-corrected chi connectivity index (χ0v) is 14.6. The molecule has 6 heteroatoms. The van der Waals surface area contributed by atoms with E-state index in [2.05, 4.69) is 24.1 Å². The number of likely N-dealkylation sites (N-methyl/N-ethyl adjacent to an activating group) is 1. The van der Waals surface area contributed by atoms with Crippen molar-refractivity contribution in [1.29, 1.82) is 0 Å². The molecule has 0 atom stereocenters. The van der Waals surface area contributed by atoms with Gasteiger partial charge in [0, 0.05) is 18.5 Å². The predicted octanol–water partition coefficient (Wildman–Crippen LogP) is 2.37. The van der Waals surface area contributed by atoms with E-state index in [-0.39, 0.29) is 23.8 Å². The third-order valence-corrected chi connectivity index (χ3v) is 4.10. The Hall–Kier alpha value is -2.60. The Morgan fingerprint density at radius 1 is 1.12 bits per heavy atom. The van der Waals surface area contributed by atoms with Gasteiger partial charge < -0.3 is 20.1 Å². The summed E-state index contributed by atoms with van der Waals surface area (Å²) in [5, 5.41) is 13.7. The van der Waals surface area contributed by atoms with Crippen LogP contribution < -0.4 is 10.1 Å². The largest absolute Gasteiger partial charge is 0.482 e. The number of carbonyl (C=O) groups is 2. The topological polar surface area (TPSA) is 78.9 Å². The summed E-state index contributed by atoms with van der Waals surface area (Å²) in [6.07, 6.45) is 0. The summed E-state index contributed by atoms with van der Waals surface area (Å²) in [5.41, 5.74) is 0.0506. The van der Waals surface area contributed by atoms with Crippen LogP contribution in [0.1, 0.15) is 24.2 Å². The molecule has 0 spiro atoms. The molecule has 0 fully saturated rings. The zero-order chi connectivity index (χ0) is 18.2. The van der Waals surface area contributed by atoms with Crippen LogP contribution in [-0.4, -0.2) is 54.7 Å². The van der Waals surface area contributed by atoms with Crippen molar-refractivity contribution in [2.75, 3.05) is 32.8 Å². The number of aromatic carboxylic acids is 1. The van der Waals surface area contributed by atoms with Gasteiger partial charge >= 0.3 is 5.97 Å². The van der Waals surface area contributed by atoms with Crippen molar-refractivity contribution in [2.45, 2.75) is 13.8 Å². The SMILES string of the molecule is CCN(CC)CCNC(=O)COc1c(C(=O)O)ccc2ccccc12. The van der Waals surface area contributed by atoms with Gasteiger partial charge in [-0.3, -0.25) is 4.79 Å². The first-order valence-electron chi connectivity index (χ1n) is 8.43. The minimum absolute atomic E-state index is 0.0506. The van der Waals surface area contributed by atoms with E-state index in [1.807, 2.05) is 18.2 Å². The molecule has 6 nitrogen and oxygen atoms in total. The van der Waals surface area contributed by atoms with Crippen molar-refractivity contribution in [2.24, 2.45) is 0 Å². The van der Waals surface area contributed by atoms with Gasteiger partial charge in [0.05, 0.1) is 0 Å². The van der Waals surface area contributed by atoms with Crippen molar-refractivity contribution in [3.63, 3.8) is 0 Å². The number of fused-ring (bicyclic) bond motifs is 1. The van der Waals surface area contributed by atoms with Crippen LogP contribution in [0, 0.1) is 0 Å². The molecule has 0 aromatic heterocycles. The van der Waals surface area contributed by atoms with Gasteiger partial charge in [0.25, 0.3) is 5.91 Å². The van der Waals surface area contributed by atoms with Crippen molar-refractivity contribution >= 4 is 22.6 Å². The normalized spacial score (nSPS) is 10.8. The van der Waals surface area contributed by atoms with Crippen molar-refractivity contribution in [3.8, 4) is 5.75 Å². The molecule has 2 aromatic carbocycles. The summed E-state index contributed by atoms with van der Waals surface area (Å²) in [4.78, 5) is 25.6. The number of hydrogen-bond acceptors (Lipinski definition) is 4. The highest BCUT2D eigenvalue weighted by atomic mass is 16.5. The van der Waals surface area contributed by atoms with E-state index in [0.29, 0.717) is 11.9 Å². The molecular weight excluding hydrogens is 320 g/mol. The Balaban J connectivity index is 2.03. The second kappa shape index (κ2) is 9.03. The third kappa shape index (κ3) is 4.93. The second-order valence-corrected chi connectivity index (χ2v) is 5.63. The molecule has 1 amide bonds. The molecule has 0 aliphatic heterocycles. The van der Waals surface area contributed by atoms with Crippen LogP contribution in [-0.2, 0) is 4.79 Å². The first-order chi connectivity index (χ1) is 12.1. The van der Waals surface area contributed by atoms with Crippen LogP contribution in [0.15, 0.2) is 36.4 Å². The Morgan fingerprint density at radius 2 is 1.84 bits per heavy atom. The molecule has 0 bridgehead atoms. The average molecular weight is 344 g/mol. The molecule has 25 heavy (non-hydrogen) atoms. The summed E-state index contributed by atoms with van der Waals surface area (Å²) in [5.74, 6) is -1.12. The number of hydrogen-bond donors (Lipinski definition) is 2. The molecule has 0 aliphatic rings. The van der Waals surface area contributed by atoms with Crippen LogP contribution >= 0.6 is 0 Å². The Kier molecular flexibility index (Phi) is 6.77. The number of carboxylic acid groups (broad SMARTS) is 1. The van der Waals surface area contributed by atoms with E-state index in [0.717, 1.165) is 25.0 Å². The molecule has 0 saturated heterocycles. The molecule has 2 N–H and O–H groups in total.